The molecule has 4 aliphatic carbocycles. The van der Waals surface area contributed by atoms with E-state index in [-0.39, 0.29) is 6.10 Å². The number of allylic oxidation sites excluding steroid dienone is 2. The predicted molar refractivity (Wildman–Crippen MR) is 137 cm³/mol. The van der Waals surface area contributed by atoms with E-state index in [1.807, 2.05) is 0 Å². The molecule has 0 saturated heterocycles. The van der Waals surface area contributed by atoms with Gasteiger partial charge in [-0.2, -0.15) is 0 Å². The van der Waals surface area contributed by atoms with E-state index in [1.165, 1.54) is 56.9 Å². The zero-order valence-corrected chi connectivity index (χ0v) is 22.3. The first-order chi connectivity index (χ1) is 14.9. The van der Waals surface area contributed by atoms with Crippen molar-refractivity contribution in [3.05, 3.63) is 23.8 Å². The van der Waals surface area contributed by atoms with Crippen LogP contribution in [-0.4, -0.2) is 11.2 Å². The maximum Gasteiger partial charge on any atom is 0.0577 e. The molecule has 0 amide bonds. The summed E-state index contributed by atoms with van der Waals surface area (Å²) in [4.78, 5) is 0. The van der Waals surface area contributed by atoms with Crippen LogP contribution in [0.25, 0.3) is 0 Å². The molecule has 0 aliphatic heterocycles. The Bertz CT molecular complexity index is 740. The second-order valence-corrected chi connectivity index (χ2v) is 14.2. The Morgan fingerprint density at radius 2 is 1.81 bits per heavy atom. The molecule has 0 aromatic carbocycles. The van der Waals surface area contributed by atoms with Gasteiger partial charge in [-0.25, -0.2) is 0 Å². The van der Waals surface area contributed by atoms with Crippen LogP contribution in [0.3, 0.4) is 0 Å². The zero-order valence-electron chi connectivity index (χ0n) is 22.3. The van der Waals surface area contributed by atoms with Crippen molar-refractivity contribution in [3.8, 4) is 0 Å². The van der Waals surface area contributed by atoms with E-state index in [2.05, 4.69) is 61.1 Å². The van der Waals surface area contributed by atoms with Gasteiger partial charge in [0.05, 0.1) is 6.10 Å². The van der Waals surface area contributed by atoms with Gasteiger partial charge in [0.25, 0.3) is 0 Å². The fraction of sp³-hybridized carbons (Fsp3) is 0.871. The summed E-state index contributed by atoms with van der Waals surface area (Å²) in [7, 11) is 0. The monoisotopic (exact) mass is 440 g/mol. The van der Waals surface area contributed by atoms with Crippen molar-refractivity contribution >= 4 is 0 Å². The normalized spacial score (nSPS) is 43.5. The minimum absolute atomic E-state index is 0.0902. The molecule has 0 aromatic heterocycles. The molecule has 182 valence electrons. The molecule has 0 radical (unpaired) electrons. The summed E-state index contributed by atoms with van der Waals surface area (Å²) in [6.07, 6.45) is 15.4. The quantitative estimate of drug-likeness (QED) is 0.424. The highest BCUT2D eigenvalue weighted by atomic mass is 16.3. The lowest BCUT2D eigenvalue weighted by Gasteiger charge is -2.58. The van der Waals surface area contributed by atoms with Gasteiger partial charge in [-0.1, -0.05) is 65.3 Å². The Balaban J connectivity index is 1.48. The number of rotatable bonds is 5. The number of hydrogen-bond acceptors (Lipinski definition) is 1. The van der Waals surface area contributed by atoms with E-state index in [9.17, 15) is 5.11 Å². The van der Waals surface area contributed by atoms with Crippen LogP contribution < -0.4 is 0 Å². The third kappa shape index (κ3) is 4.08. The van der Waals surface area contributed by atoms with E-state index in [0.717, 1.165) is 42.4 Å². The molecule has 0 spiro atoms. The Labute approximate surface area is 199 Å². The summed E-state index contributed by atoms with van der Waals surface area (Å²) in [6, 6.07) is 0. The minimum Gasteiger partial charge on any atom is -0.393 e. The molecule has 0 unspecified atom stereocenters. The Morgan fingerprint density at radius 3 is 2.47 bits per heavy atom. The maximum atomic E-state index is 10.3. The first-order valence-corrected chi connectivity index (χ1v) is 13.9. The van der Waals surface area contributed by atoms with Crippen molar-refractivity contribution in [1.29, 1.82) is 0 Å². The highest BCUT2D eigenvalue weighted by Gasteiger charge is 2.59. The molecule has 0 bridgehead atoms. The number of hydrogen-bond donors (Lipinski definition) is 1. The van der Waals surface area contributed by atoms with E-state index in [4.69, 9.17) is 0 Å². The zero-order chi connectivity index (χ0) is 23.5. The van der Waals surface area contributed by atoms with Crippen molar-refractivity contribution in [2.75, 3.05) is 0 Å². The molecular formula is C31H52O. The van der Waals surface area contributed by atoms with Crippen LogP contribution in [0.15, 0.2) is 23.8 Å². The van der Waals surface area contributed by atoms with Crippen molar-refractivity contribution in [1.82, 2.24) is 0 Å². The standard InChI is InChI=1S/C31H52O/c1-20(2)25(29(4,5)6)12-9-21(3)26-13-14-27-24-11-10-22-19-23(32)15-17-30(22,7)28(24)16-18-31(26,27)8/h10,21,23-28,32H,1,9,11-19H2,2-8H3/t21-,23+,24-,25-,26-,27-,28-,30+,31-/m1/s1. The number of aliphatic hydroxyl groups is 1. The molecular weight excluding hydrogens is 388 g/mol. The third-order valence-corrected chi connectivity index (χ3v) is 11.4. The van der Waals surface area contributed by atoms with Crippen LogP contribution in [0, 0.1) is 51.8 Å². The van der Waals surface area contributed by atoms with Gasteiger partial charge in [-0.05, 0) is 123 Å². The van der Waals surface area contributed by atoms with Gasteiger partial charge in [-0.3, -0.25) is 0 Å². The minimum atomic E-state index is -0.0902. The smallest absolute Gasteiger partial charge is 0.0577 e. The van der Waals surface area contributed by atoms with E-state index in [1.54, 1.807) is 5.57 Å². The molecule has 9 atom stereocenters. The van der Waals surface area contributed by atoms with Gasteiger partial charge in [0.1, 0.15) is 0 Å². The molecule has 1 nitrogen and oxygen atoms in total. The highest BCUT2D eigenvalue weighted by Crippen LogP contribution is 2.67. The van der Waals surface area contributed by atoms with Gasteiger partial charge in [0.2, 0.25) is 0 Å². The lowest BCUT2D eigenvalue weighted by atomic mass is 9.47. The molecule has 4 aliphatic rings. The lowest BCUT2D eigenvalue weighted by Crippen LogP contribution is -2.50. The second kappa shape index (κ2) is 8.58. The van der Waals surface area contributed by atoms with Gasteiger partial charge in [-0.15, -0.1) is 0 Å². The number of fused-ring (bicyclic) bond motifs is 5. The highest BCUT2D eigenvalue weighted by molar-refractivity contribution is 5.25. The lowest BCUT2D eigenvalue weighted by molar-refractivity contribution is -0.0575. The fourth-order valence-corrected chi connectivity index (χ4v) is 9.67. The summed E-state index contributed by atoms with van der Waals surface area (Å²) in [5.41, 5.74) is 4.21. The van der Waals surface area contributed by atoms with Crippen LogP contribution in [0.2, 0.25) is 0 Å². The maximum absolute atomic E-state index is 10.3. The first kappa shape index (κ1) is 24.6. The van der Waals surface area contributed by atoms with Crippen LogP contribution >= 0.6 is 0 Å². The fourth-order valence-electron chi connectivity index (χ4n) is 9.67. The Hall–Kier alpha value is -0.560. The summed E-state index contributed by atoms with van der Waals surface area (Å²) in [6.45, 7) is 21.6. The van der Waals surface area contributed by atoms with Gasteiger partial charge >= 0.3 is 0 Å². The Morgan fingerprint density at radius 1 is 1.09 bits per heavy atom. The molecule has 32 heavy (non-hydrogen) atoms. The third-order valence-electron chi connectivity index (χ3n) is 11.4. The van der Waals surface area contributed by atoms with Gasteiger partial charge in [0.15, 0.2) is 0 Å². The van der Waals surface area contributed by atoms with Crippen molar-refractivity contribution < 1.29 is 5.11 Å². The largest absolute Gasteiger partial charge is 0.393 e. The molecule has 4 rings (SSSR count). The summed E-state index contributed by atoms with van der Waals surface area (Å²) < 4.78 is 0. The molecule has 3 fully saturated rings. The van der Waals surface area contributed by atoms with Crippen LogP contribution in [0.5, 0.6) is 0 Å². The molecule has 3 saturated carbocycles. The van der Waals surface area contributed by atoms with Gasteiger partial charge in [0, 0.05) is 0 Å². The number of aliphatic hydroxyl groups excluding tert-OH is 1. The van der Waals surface area contributed by atoms with E-state index in [0.29, 0.717) is 22.2 Å². The first-order valence-electron chi connectivity index (χ1n) is 13.9. The van der Waals surface area contributed by atoms with E-state index >= 15 is 0 Å². The molecule has 0 heterocycles. The summed E-state index contributed by atoms with van der Waals surface area (Å²) in [5, 5.41) is 10.3. The summed E-state index contributed by atoms with van der Waals surface area (Å²) >= 11 is 0. The molecule has 0 aromatic rings. The van der Waals surface area contributed by atoms with Crippen molar-refractivity contribution in [2.45, 2.75) is 119 Å². The average Bonchev–Trinajstić information content (AvgIpc) is 3.04. The van der Waals surface area contributed by atoms with Crippen LogP contribution in [0.4, 0.5) is 0 Å². The average molecular weight is 441 g/mol. The van der Waals surface area contributed by atoms with E-state index < -0.39 is 0 Å². The van der Waals surface area contributed by atoms with Crippen molar-refractivity contribution in [3.63, 3.8) is 0 Å². The second-order valence-electron chi connectivity index (χ2n) is 14.2. The SMILES string of the molecule is C=C(C)[C@@H](CC[C@@H](C)[C@H]1CC[C@@H]2[C@H]3CC=C4C[C@@H](O)CC[C@]4(C)[C@@H]3CC[C@@]21C)C(C)(C)C. The van der Waals surface area contributed by atoms with Crippen LogP contribution in [0.1, 0.15) is 113 Å². The Kier molecular flexibility index (Phi) is 6.59. The van der Waals surface area contributed by atoms with Gasteiger partial charge < -0.3 is 5.11 Å². The molecule has 1 N–H and O–H groups in total. The molecule has 1 heteroatoms. The van der Waals surface area contributed by atoms with Crippen molar-refractivity contribution in [2.24, 2.45) is 51.8 Å². The van der Waals surface area contributed by atoms with Crippen LogP contribution in [-0.2, 0) is 0 Å². The topological polar surface area (TPSA) is 20.2 Å². The summed E-state index contributed by atoms with van der Waals surface area (Å²) in [5.74, 6) is 5.00. The predicted octanol–water partition coefficient (Wildman–Crippen LogP) is 8.58.